The minimum atomic E-state index is -0.0347. The molecule has 4 heteroatoms. The molecular weight excluding hydrogens is 220 g/mol. The molecule has 84 valence electrons. The smallest absolute Gasteiger partial charge is 0.239 e. The molecule has 3 nitrogen and oxygen atoms in total. The van der Waals surface area contributed by atoms with Gasteiger partial charge in [-0.15, -0.1) is 0 Å². The van der Waals surface area contributed by atoms with Crippen LogP contribution in [-0.2, 0) is 11.2 Å². The molecule has 2 rings (SSSR count). The van der Waals surface area contributed by atoms with Gasteiger partial charge in [-0.2, -0.15) is 0 Å². The van der Waals surface area contributed by atoms with Crippen molar-refractivity contribution in [3.63, 3.8) is 0 Å². The van der Waals surface area contributed by atoms with Crippen molar-refractivity contribution in [1.82, 2.24) is 5.32 Å². The summed E-state index contributed by atoms with van der Waals surface area (Å²) in [7, 11) is 0. The summed E-state index contributed by atoms with van der Waals surface area (Å²) in [5.74, 6) is 0.0396. The fourth-order valence-corrected chi connectivity index (χ4v) is 2.35. The fourth-order valence-electron chi connectivity index (χ4n) is 1.54. The van der Waals surface area contributed by atoms with E-state index in [4.69, 9.17) is 0 Å². The molecule has 0 bridgehead atoms. The minimum Gasteiger partial charge on any atom is -0.304 e. The van der Waals surface area contributed by atoms with E-state index in [0.717, 1.165) is 12.1 Å². The van der Waals surface area contributed by atoms with E-state index in [1.165, 1.54) is 17.3 Å². The summed E-state index contributed by atoms with van der Waals surface area (Å²) in [5.41, 5.74) is 2.14. The lowest BCUT2D eigenvalue weighted by molar-refractivity contribution is -0.118. The molecule has 1 amide bonds. The predicted octanol–water partition coefficient (Wildman–Crippen LogP) is 2.49. The number of aryl methyl sites for hydroxylation is 1. The zero-order valence-corrected chi connectivity index (χ0v) is 10.2. The largest absolute Gasteiger partial charge is 0.304 e. The number of nitrogens with one attached hydrogen (secondary N) is 1. The van der Waals surface area contributed by atoms with E-state index in [2.05, 4.69) is 23.3 Å². The molecule has 1 saturated heterocycles. The second kappa shape index (κ2) is 4.70. The second-order valence-corrected chi connectivity index (χ2v) is 4.98. The lowest BCUT2D eigenvalue weighted by Crippen LogP contribution is -2.23. The zero-order valence-electron chi connectivity index (χ0n) is 9.36. The molecule has 0 aliphatic carbocycles. The van der Waals surface area contributed by atoms with Gasteiger partial charge in [-0.25, -0.2) is 4.99 Å². The Morgan fingerprint density at radius 2 is 2.19 bits per heavy atom. The first-order valence-electron chi connectivity index (χ1n) is 5.35. The average molecular weight is 234 g/mol. The third-order valence-corrected chi connectivity index (χ3v) is 3.47. The van der Waals surface area contributed by atoms with Gasteiger partial charge in [-0.1, -0.05) is 36.9 Å². The van der Waals surface area contributed by atoms with Crippen LogP contribution < -0.4 is 5.32 Å². The summed E-state index contributed by atoms with van der Waals surface area (Å²) in [5, 5.41) is 3.45. The number of thioether (sulfide) groups is 1. The normalized spacial score (nSPS) is 22.5. The van der Waals surface area contributed by atoms with Crippen molar-refractivity contribution in [3.8, 4) is 0 Å². The van der Waals surface area contributed by atoms with Gasteiger partial charge in [0.1, 0.15) is 0 Å². The minimum absolute atomic E-state index is 0.0347. The van der Waals surface area contributed by atoms with Crippen LogP contribution in [0.5, 0.6) is 0 Å². The number of amidine groups is 1. The maximum atomic E-state index is 11.3. The number of aliphatic imine (C=N–C) groups is 1. The average Bonchev–Trinajstić information content (AvgIpc) is 2.59. The van der Waals surface area contributed by atoms with Crippen molar-refractivity contribution >= 4 is 28.5 Å². The molecule has 0 radical (unpaired) electrons. The van der Waals surface area contributed by atoms with Gasteiger partial charge in [0.05, 0.1) is 10.9 Å². The first kappa shape index (κ1) is 11.2. The second-order valence-electron chi connectivity index (χ2n) is 3.65. The Morgan fingerprint density at radius 1 is 1.44 bits per heavy atom. The van der Waals surface area contributed by atoms with Crippen LogP contribution in [0.15, 0.2) is 29.3 Å². The van der Waals surface area contributed by atoms with Crippen LogP contribution in [0.2, 0.25) is 0 Å². The van der Waals surface area contributed by atoms with Gasteiger partial charge < -0.3 is 5.32 Å². The molecule has 1 fully saturated rings. The topological polar surface area (TPSA) is 41.5 Å². The Kier molecular flexibility index (Phi) is 3.29. The van der Waals surface area contributed by atoms with Crippen LogP contribution in [0.4, 0.5) is 5.69 Å². The van der Waals surface area contributed by atoms with Gasteiger partial charge in [-0.3, -0.25) is 4.79 Å². The summed E-state index contributed by atoms with van der Waals surface area (Å²) in [6.07, 6.45) is 0.946. The van der Waals surface area contributed by atoms with Crippen LogP contribution >= 0.6 is 11.8 Å². The van der Waals surface area contributed by atoms with E-state index in [-0.39, 0.29) is 11.2 Å². The van der Waals surface area contributed by atoms with Crippen molar-refractivity contribution in [2.75, 3.05) is 0 Å². The summed E-state index contributed by atoms with van der Waals surface area (Å²) in [4.78, 5) is 15.8. The van der Waals surface area contributed by atoms with Crippen LogP contribution in [0.3, 0.4) is 0 Å². The highest BCUT2D eigenvalue weighted by atomic mass is 32.2. The molecule has 0 spiro atoms. The van der Waals surface area contributed by atoms with Crippen molar-refractivity contribution in [3.05, 3.63) is 29.8 Å². The standard InChI is InChI=1S/C12H14N2OS/c1-3-9-6-4-5-7-10(9)13-12-14-11(15)8(2)16-12/h4-8H,3H2,1-2H3,(H,13,14,15). The number of carbonyl (C=O) groups is 1. The van der Waals surface area contributed by atoms with Crippen LogP contribution in [-0.4, -0.2) is 16.3 Å². The monoisotopic (exact) mass is 234 g/mol. The molecule has 0 aromatic heterocycles. The SMILES string of the molecule is CCc1ccccc1N=C1NC(=O)C(C)S1. The van der Waals surface area contributed by atoms with Gasteiger partial charge in [0.15, 0.2) is 5.17 Å². The molecule has 1 heterocycles. The van der Waals surface area contributed by atoms with Gasteiger partial charge in [0, 0.05) is 0 Å². The molecule has 1 N–H and O–H groups in total. The number of amides is 1. The number of benzene rings is 1. The van der Waals surface area contributed by atoms with Crippen LogP contribution in [0, 0.1) is 0 Å². The zero-order chi connectivity index (χ0) is 11.5. The molecule has 0 saturated carbocycles. The highest BCUT2D eigenvalue weighted by Crippen LogP contribution is 2.24. The first-order valence-corrected chi connectivity index (χ1v) is 6.22. The third-order valence-electron chi connectivity index (χ3n) is 2.48. The van der Waals surface area contributed by atoms with E-state index in [0.29, 0.717) is 5.17 Å². The molecule has 1 atom stereocenters. The Hall–Kier alpha value is -1.29. The number of rotatable bonds is 2. The van der Waals surface area contributed by atoms with Crippen LogP contribution in [0.1, 0.15) is 19.4 Å². The Labute approximate surface area is 99.3 Å². The molecule has 1 aliphatic heterocycles. The fraction of sp³-hybridized carbons (Fsp3) is 0.333. The van der Waals surface area contributed by atoms with E-state index in [1.807, 2.05) is 25.1 Å². The maximum Gasteiger partial charge on any atom is 0.239 e. The van der Waals surface area contributed by atoms with Crippen molar-refractivity contribution < 1.29 is 4.79 Å². The third kappa shape index (κ3) is 2.27. The van der Waals surface area contributed by atoms with E-state index in [1.54, 1.807) is 0 Å². The summed E-state index contributed by atoms with van der Waals surface area (Å²) < 4.78 is 0. The molecule has 1 unspecified atom stereocenters. The number of para-hydroxylation sites is 1. The number of hydrogen-bond donors (Lipinski definition) is 1. The van der Waals surface area contributed by atoms with E-state index >= 15 is 0 Å². The van der Waals surface area contributed by atoms with Gasteiger partial charge >= 0.3 is 0 Å². The Balaban J connectivity index is 2.26. The predicted molar refractivity (Wildman–Crippen MR) is 68.1 cm³/mol. The molecular formula is C12H14N2OS. The lowest BCUT2D eigenvalue weighted by Gasteiger charge is -2.02. The quantitative estimate of drug-likeness (QED) is 0.854. The molecule has 16 heavy (non-hydrogen) atoms. The maximum absolute atomic E-state index is 11.3. The Bertz CT molecular complexity index is 442. The molecule has 1 aliphatic rings. The van der Waals surface area contributed by atoms with E-state index < -0.39 is 0 Å². The van der Waals surface area contributed by atoms with Crippen molar-refractivity contribution in [1.29, 1.82) is 0 Å². The summed E-state index contributed by atoms with van der Waals surface area (Å²) in [6, 6.07) is 8.00. The van der Waals surface area contributed by atoms with Crippen molar-refractivity contribution in [2.45, 2.75) is 25.5 Å². The Morgan fingerprint density at radius 3 is 2.81 bits per heavy atom. The first-order chi connectivity index (χ1) is 7.70. The molecule has 1 aromatic rings. The summed E-state index contributed by atoms with van der Waals surface area (Å²) in [6.45, 7) is 3.98. The molecule has 1 aromatic carbocycles. The lowest BCUT2D eigenvalue weighted by atomic mass is 10.1. The number of hydrogen-bond acceptors (Lipinski definition) is 3. The summed E-state index contributed by atoms with van der Waals surface area (Å²) >= 11 is 1.48. The van der Waals surface area contributed by atoms with Gasteiger partial charge in [0.25, 0.3) is 0 Å². The van der Waals surface area contributed by atoms with E-state index in [9.17, 15) is 4.79 Å². The highest BCUT2D eigenvalue weighted by Gasteiger charge is 2.25. The van der Waals surface area contributed by atoms with Crippen LogP contribution in [0.25, 0.3) is 0 Å². The van der Waals surface area contributed by atoms with Gasteiger partial charge in [0.2, 0.25) is 5.91 Å². The van der Waals surface area contributed by atoms with Gasteiger partial charge in [-0.05, 0) is 25.0 Å². The highest BCUT2D eigenvalue weighted by molar-refractivity contribution is 8.15. The number of nitrogens with zero attached hydrogens (tertiary/aromatic N) is 1. The number of carbonyl (C=O) groups excluding carboxylic acids is 1. The van der Waals surface area contributed by atoms with Crippen molar-refractivity contribution in [2.24, 2.45) is 4.99 Å².